The quantitative estimate of drug-likeness (QED) is 0.780. The monoisotopic (exact) mass is 249 g/mol. The molecule has 104 valence electrons. The molecular weight excluding hydrogens is 218 g/mol. The van der Waals surface area contributed by atoms with E-state index in [1.807, 2.05) is 0 Å². The van der Waals surface area contributed by atoms with E-state index >= 15 is 0 Å². The Morgan fingerprint density at radius 3 is 2.44 bits per heavy atom. The largest absolute Gasteiger partial charge is 0.314 e. The third kappa shape index (κ3) is 3.50. The van der Waals surface area contributed by atoms with E-state index in [2.05, 4.69) is 12.2 Å². The van der Waals surface area contributed by atoms with Gasteiger partial charge in [-0.2, -0.15) is 0 Å². The van der Waals surface area contributed by atoms with E-state index in [9.17, 15) is 0 Å². The van der Waals surface area contributed by atoms with E-state index in [0.29, 0.717) is 0 Å². The fourth-order valence-electron chi connectivity index (χ4n) is 4.49. The summed E-state index contributed by atoms with van der Waals surface area (Å²) in [6, 6.07) is 0.863. The van der Waals surface area contributed by atoms with Gasteiger partial charge in [0.25, 0.3) is 0 Å². The van der Waals surface area contributed by atoms with Gasteiger partial charge in [0.15, 0.2) is 0 Å². The molecule has 0 saturated heterocycles. The zero-order valence-electron chi connectivity index (χ0n) is 12.2. The van der Waals surface area contributed by atoms with Gasteiger partial charge in [0.05, 0.1) is 0 Å². The summed E-state index contributed by atoms with van der Waals surface area (Å²) < 4.78 is 0. The lowest BCUT2D eigenvalue weighted by Crippen LogP contribution is -2.38. The molecule has 1 heteroatoms. The highest BCUT2D eigenvalue weighted by atomic mass is 14.9. The van der Waals surface area contributed by atoms with Crippen molar-refractivity contribution in [3.8, 4) is 0 Å². The molecule has 0 aliphatic heterocycles. The van der Waals surface area contributed by atoms with Crippen molar-refractivity contribution in [2.24, 2.45) is 23.7 Å². The summed E-state index contributed by atoms with van der Waals surface area (Å²) in [5, 5.41) is 3.92. The van der Waals surface area contributed by atoms with E-state index in [0.717, 1.165) is 29.7 Å². The van der Waals surface area contributed by atoms with Crippen LogP contribution in [0.3, 0.4) is 0 Å². The molecule has 0 aromatic heterocycles. The molecular formula is C17H31N. The van der Waals surface area contributed by atoms with Gasteiger partial charge in [-0.15, -0.1) is 0 Å². The van der Waals surface area contributed by atoms with Crippen LogP contribution in [-0.2, 0) is 0 Å². The average molecular weight is 249 g/mol. The molecule has 0 amide bonds. The molecule has 3 fully saturated rings. The molecule has 3 rings (SSSR count). The van der Waals surface area contributed by atoms with Gasteiger partial charge in [0, 0.05) is 6.04 Å². The molecule has 3 aliphatic rings. The molecule has 0 radical (unpaired) electrons. The third-order valence-corrected chi connectivity index (χ3v) is 5.74. The molecule has 3 aliphatic carbocycles. The first kappa shape index (κ1) is 13.0. The minimum Gasteiger partial charge on any atom is -0.314 e. The number of hydrogen-bond donors (Lipinski definition) is 1. The van der Waals surface area contributed by atoms with E-state index < -0.39 is 0 Å². The van der Waals surface area contributed by atoms with Crippen LogP contribution in [-0.4, -0.2) is 12.6 Å². The van der Waals surface area contributed by atoms with Crippen molar-refractivity contribution in [1.82, 2.24) is 5.32 Å². The van der Waals surface area contributed by atoms with Crippen LogP contribution in [0.25, 0.3) is 0 Å². The molecule has 0 heterocycles. The molecule has 1 N–H and O–H groups in total. The fourth-order valence-corrected chi connectivity index (χ4v) is 4.49. The maximum absolute atomic E-state index is 3.92. The Kier molecular flexibility index (Phi) is 4.28. The molecule has 4 unspecified atom stereocenters. The van der Waals surface area contributed by atoms with E-state index in [4.69, 9.17) is 0 Å². The van der Waals surface area contributed by atoms with Gasteiger partial charge < -0.3 is 5.32 Å². The van der Waals surface area contributed by atoms with Gasteiger partial charge >= 0.3 is 0 Å². The smallest absolute Gasteiger partial charge is 0.00699 e. The molecule has 1 nitrogen and oxygen atoms in total. The van der Waals surface area contributed by atoms with Gasteiger partial charge in [-0.1, -0.05) is 32.6 Å². The zero-order chi connectivity index (χ0) is 12.4. The molecule has 18 heavy (non-hydrogen) atoms. The zero-order valence-corrected chi connectivity index (χ0v) is 12.2. The van der Waals surface area contributed by atoms with Gasteiger partial charge in [-0.25, -0.2) is 0 Å². The van der Waals surface area contributed by atoms with Crippen LogP contribution >= 0.6 is 0 Å². The Labute approximate surface area is 113 Å². The summed E-state index contributed by atoms with van der Waals surface area (Å²) in [5.41, 5.74) is 0. The number of nitrogens with one attached hydrogen (secondary N) is 1. The van der Waals surface area contributed by atoms with Crippen LogP contribution in [0.2, 0.25) is 0 Å². The van der Waals surface area contributed by atoms with Crippen LogP contribution in [0, 0.1) is 23.7 Å². The van der Waals surface area contributed by atoms with E-state index in [1.54, 1.807) is 0 Å². The summed E-state index contributed by atoms with van der Waals surface area (Å²) in [6.45, 7) is 3.75. The average Bonchev–Trinajstić information content (AvgIpc) is 3.21. The molecule has 0 aromatic carbocycles. The lowest BCUT2D eigenvalue weighted by atomic mass is 9.80. The fraction of sp³-hybridized carbons (Fsp3) is 1.00. The first-order valence-electron chi connectivity index (χ1n) is 8.54. The minimum atomic E-state index is 0.863. The SMILES string of the molecule is CC1CCCC(CNC2CCCC(C3CC3)C2)C1. The van der Waals surface area contributed by atoms with Crippen molar-refractivity contribution in [1.29, 1.82) is 0 Å². The predicted molar refractivity (Wildman–Crippen MR) is 77.6 cm³/mol. The molecule has 0 bridgehead atoms. The molecule has 0 aromatic rings. The maximum atomic E-state index is 3.92. The van der Waals surface area contributed by atoms with Crippen LogP contribution in [0.4, 0.5) is 0 Å². The normalized spacial score (nSPS) is 41.8. The third-order valence-electron chi connectivity index (χ3n) is 5.74. The van der Waals surface area contributed by atoms with Gasteiger partial charge in [-0.3, -0.25) is 0 Å². The summed E-state index contributed by atoms with van der Waals surface area (Å²) in [4.78, 5) is 0. The van der Waals surface area contributed by atoms with Crippen LogP contribution in [0.5, 0.6) is 0 Å². The second-order valence-electron chi connectivity index (χ2n) is 7.51. The highest BCUT2D eigenvalue weighted by Crippen LogP contribution is 2.43. The highest BCUT2D eigenvalue weighted by Gasteiger charge is 2.34. The van der Waals surface area contributed by atoms with E-state index in [1.165, 1.54) is 70.8 Å². The summed E-state index contributed by atoms with van der Waals surface area (Å²) in [5.74, 6) is 4.18. The van der Waals surface area contributed by atoms with Crippen molar-refractivity contribution < 1.29 is 0 Å². The van der Waals surface area contributed by atoms with E-state index in [-0.39, 0.29) is 0 Å². The van der Waals surface area contributed by atoms with Crippen molar-refractivity contribution in [3.05, 3.63) is 0 Å². The summed E-state index contributed by atoms with van der Waals surface area (Å²) in [6.07, 6.45) is 14.9. The molecule has 4 atom stereocenters. The number of rotatable bonds is 4. The Hall–Kier alpha value is -0.0400. The molecule has 3 saturated carbocycles. The topological polar surface area (TPSA) is 12.0 Å². The standard InChI is InChI=1S/C17H31N/c1-13-4-2-5-14(10-13)12-18-17-7-3-6-16(11-17)15-8-9-15/h13-18H,2-12H2,1H3. The first-order valence-corrected chi connectivity index (χ1v) is 8.54. The van der Waals surface area contributed by atoms with Crippen molar-refractivity contribution in [3.63, 3.8) is 0 Å². The summed E-state index contributed by atoms with van der Waals surface area (Å²) in [7, 11) is 0. The highest BCUT2D eigenvalue weighted by molar-refractivity contribution is 4.88. The van der Waals surface area contributed by atoms with Crippen LogP contribution < -0.4 is 5.32 Å². The predicted octanol–water partition coefficient (Wildman–Crippen LogP) is 4.37. The van der Waals surface area contributed by atoms with Crippen molar-refractivity contribution in [2.45, 2.75) is 77.2 Å². The Bertz CT molecular complexity index is 258. The maximum Gasteiger partial charge on any atom is 0.00699 e. The molecule has 0 spiro atoms. The van der Waals surface area contributed by atoms with Crippen LogP contribution in [0.15, 0.2) is 0 Å². The second-order valence-corrected chi connectivity index (χ2v) is 7.51. The van der Waals surface area contributed by atoms with Gasteiger partial charge in [0.1, 0.15) is 0 Å². The Morgan fingerprint density at radius 1 is 0.833 bits per heavy atom. The lowest BCUT2D eigenvalue weighted by molar-refractivity contribution is 0.227. The first-order chi connectivity index (χ1) is 8.81. The Morgan fingerprint density at radius 2 is 1.67 bits per heavy atom. The van der Waals surface area contributed by atoms with Crippen molar-refractivity contribution in [2.75, 3.05) is 6.54 Å². The van der Waals surface area contributed by atoms with Gasteiger partial charge in [-0.05, 0) is 68.7 Å². The summed E-state index contributed by atoms with van der Waals surface area (Å²) >= 11 is 0. The van der Waals surface area contributed by atoms with Gasteiger partial charge in [0.2, 0.25) is 0 Å². The second kappa shape index (κ2) is 5.94. The minimum absolute atomic E-state index is 0.863. The number of hydrogen-bond acceptors (Lipinski definition) is 1. The van der Waals surface area contributed by atoms with Crippen molar-refractivity contribution >= 4 is 0 Å². The Balaban J connectivity index is 1.39. The van der Waals surface area contributed by atoms with Crippen LogP contribution in [0.1, 0.15) is 71.1 Å². The lowest BCUT2D eigenvalue weighted by Gasteiger charge is -2.33.